The number of hydrogen-bond donors (Lipinski definition) is 1. The van der Waals surface area contributed by atoms with Crippen LogP contribution in [0.15, 0.2) is 0 Å². The van der Waals surface area contributed by atoms with Crippen molar-refractivity contribution in [2.24, 2.45) is 5.92 Å². The summed E-state index contributed by atoms with van der Waals surface area (Å²) in [6, 6.07) is 0.551. The summed E-state index contributed by atoms with van der Waals surface area (Å²) in [4.78, 5) is 16.4. The van der Waals surface area contributed by atoms with Crippen molar-refractivity contribution in [1.29, 1.82) is 0 Å². The van der Waals surface area contributed by atoms with E-state index < -0.39 is 0 Å². The van der Waals surface area contributed by atoms with Crippen LogP contribution in [0, 0.1) is 5.92 Å². The first-order valence-electron chi connectivity index (χ1n) is 7.36. The second-order valence-corrected chi connectivity index (χ2v) is 5.93. The molecule has 1 saturated carbocycles. The van der Waals surface area contributed by atoms with Gasteiger partial charge in [-0.1, -0.05) is 19.8 Å². The van der Waals surface area contributed by atoms with Gasteiger partial charge < -0.3 is 15.1 Å². The molecule has 0 bridgehead atoms. The summed E-state index contributed by atoms with van der Waals surface area (Å²) in [5, 5.41) is 3.47. The van der Waals surface area contributed by atoms with Crippen LogP contribution in [-0.4, -0.2) is 61.5 Å². The van der Waals surface area contributed by atoms with Crippen molar-refractivity contribution in [2.75, 3.05) is 39.8 Å². The number of carbonyl (C=O) groups excluding carboxylic acids is 1. The van der Waals surface area contributed by atoms with E-state index in [-0.39, 0.29) is 5.91 Å². The van der Waals surface area contributed by atoms with Gasteiger partial charge in [0.05, 0.1) is 6.54 Å². The molecule has 1 amide bonds. The van der Waals surface area contributed by atoms with Crippen LogP contribution in [0.2, 0.25) is 0 Å². The van der Waals surface area contributed by atoms with Crippen molar-refractivity contribution >= 4 is 5.91 Å². The van der Waals surface area contributed by atoms with E-state index in [1.54, 1.807) is 0 Å². The molecular formula is C14H27N3O. The quantitative estimate of drug-likeness (QED) is 0.813. The molecule has 2 aliphatic rings. The molecule has 4 nitrogen and oxygen atoms in total. The van der Waals surface area contributed by atoms with Gasteiger partial charge in [-0.25, -0.2) is 0 Å². The van der Waals surface area contributed by atoms with Crippen molar-refractivity contribution in [2.45, 2.75) is 38.6 Å². The van der Waals surface area contributed by atoms with E-state index in [2.05, 4.69) is 24.2 Å². The lowest BCUT2D eigenvalue weighted by molar-refractivity contribution is -0.132. The monoisotopic (exact) mass is 253 g/mol. The van der Waals surface area contributed by atoms with E-state index in [0.29, 0.717) is 12.6 Å². The predicted octanol–water partition coefficient (Wildman–Crippen LogP) is 0.929. The van der Waals surface area contributed by atoms with Crippen LogP contribution >= 0.6 is 0 Å². The van der Waals surface area contributed by atoms with E-state index in [1.807, 2.05) is 4.90 Å². The SMILES string of the molecule is CC1CCCCC1NCC(=O)N1CCN(C)CC1. The maximum atomic E-state index is 12.1. The lowest BCUT2D eigenvalue weighted by Gasteiger charge is -2.34. The van der Waals surface area contributed by atoms with Gasteiger partial charge in [-0.3, -0.25) is 4.79 Å². The Labute approximate surface area is 111 Å². The average molecular weight is 253 g/mol. The maximum absolute atomic E-state index is 12.1. The molecule has 4 heteroatoms. The molecule has 1 heterocycles. The van der Waals surface area contributed by atoms with Crippen LogP contribution in [0.3, 0.4) is 0 Å². The molecule has 2 rings (SSSR count). The zero-order valence-electron chi connectivity index (χ0n) is 11.8. The highest BCUT2D eigenvalue weighted by Gasteiger charge is 2.23. The lowest BCUT2D eigenvalue weighted by atomic mass is 9.86. The smallest absolute Gasteiger partial charge is 0.236 e. The molecular weight excluding hydrogens is 226 g/mol. The standard InChI is InChI=1S/C14H27N3O/c1-12-5-3-4-6-13(12)15-11-14(18)17-9-7-16(2)8-10-17/h12-13,15H,3-11H2,1-2H3. The summed E-state index contributed by atoms with van der Waals surface area (Å²) in [6.07, 6.45) is 5.20. The molecule has 0 spiro atoms. The molecule has 2 unspecified atom stereocenters. The number of nitrogens with zero attached hydrogens (tertiary/aromatic N) is 2. The zero-order chi connectivity index (χ0) is 13.0. The normalized spacial score (nSPS) is 30.4. The summed E-state index contributed by atoms with van der Waals surface area (Å²) < 4.78 is 0. The molecule has 0 aromatic carbocycles. The van der Waals surface area contributed by atoms with Gasteiger partial charge in [0, 0.05) is 32.2 Å². The number of rotatable bonds is 3. The minimum atomic E-state index is 0.279. The summed E-state index contributed by atoms with van der Waals surface area (Å²) in [7, 11) is 2.11. The lowest BCUT2D eigenvalue weighted by Crippen LogP contribution is -2.51. The molecule has 0 aromatic heterocycles. The van der Waals surface area contributed by atoms with E-state index in [4.69, 9.17) is 0 Å². The second-order valence-electron chi connectivity index (χ2n) is 5.93. The topological polar surface area (TPSA) is 35.6 Å². The summed E-state index contributed by atoms with van der Waals surface area (Å²) in [5.41, 5.74) is 0. The van der Waals surface area contributed by atoms with Crippen LogP contribution in [0.5, 0.6) is 0 Å². The first kappa shape index (κ1) is 13.8. The number of likely N-dealkylation sites (N-methyl/N-ethyl adjacent to an activating group) is 1. The molecule has 2 fully saturated rings. The van der Waals surface area contributed by atoms with Crippen LogP contribution in [0.1, 0.15) is 32.6 Å². The van der Waals surface area contributed by atoms with Gasteiger partial charge in [0.25, 0.3) is 0 Å². The Morgan fingerprint density at radius 2 is 1.83 bits per heavy atom. The molecule has 18 heavy (non-hydrogen) atoms. The molecule has 2 atom stereocenters. The summed E-state index contributed by atoms with van der Waals surface area (Å²) in [6.45, 7) is 6.61. The minimum Gasteiger partial charge on any atom is -0.339 e. The molecule has 1 aliphatic heterocycles. The second kappa shape index (κ2) is 6.53. The first-order chi connectivity index (χ1) is 8.66. The fourth-order valence-electron chi connectivity index (χ4n) is 3.01. The van der Waals surface area contributed by atoms with Gasteiger partial charge in [-0.05, 0) is 25.8 Å². The largest absolute Gasteiger partial charge is 0.339 e. The number of hydrogen-bond acceptors (Lipinski definition) is 3. The van der Waals surface area contributed by atoms with Gasteiger partial charge in [0.15, 0.2) is 0 Å². The fraction of sp³-hybridized carbons (Fsp3) is 0.929. The molecule has 1 saturated heterocycles. The molecule has 1 N–H and O–H groups in total. The first-order valence-corrected chi connectivity index (χ1v) is 7.36. The van der Waals surface area contributed by atoms with Crippen LogP contribution < -0.4 is 5.32 Å². The van der Waals surface area contributed by atoms with Gasteiger partial charge in [0.2, 0.25) is 5.91 Å². The Hall–Kier alpha value is -0.610. The Bertz CT molecular complexity index is 274. The highest BCUT2D eigenvalue weighted by molar-refractivity contribution is 5.78. The van der Waals surface area contributed by atoms with E-state index in [0.717, 1.165) is 32.1 Å². The molecule has 1 aliphatic carbocycles. The third-order valence-corrected chi connectivity index (χ3v) is 4.48. The van der Waals surface area contributed by atoms with Crippen LogP contribution in [0.4, 0.5) is 0 Å². The number of carbonyl (C=O) groups is 1. The van der Waals surface area contributed by atoms with Gasteiger partial charge >= 0.3 is 0 Å². The van der Waals surface area contributed by atoms with Gasteiger partial charge in [-0.2, -0.15) is 0 Å². The van der Waals surface area contributed by atoms with Crippen molar-refractivity contribution in [3.8, 4) is 0 Å². The van der Waals surface area contributed by atoms with E-state index in [1.165, 1.54) is 25.7 Å². The summed E-state index contributed by atoms with van der Waals surface area (Å²) in [5.74, 6) is 1.000. The minimum absolute atomic E-state index is 0.279. The van der Waals surface area contributed by atoms with Crippen molar-refractivity contribution < 1.29 is 4.79 Å². The van der Waals surface area contributed by atoms with Crippen molar-refractivity contribution in [3.05, 3.63) is 0 Å². The van der Waals surface area contributed by atoms with E-state index >= 15 is 0 Å². The van der Waals surface area contributed by atoms with Crippen LogP contribution in [0.25, 0.3) is 0 Å². The third-order valence-electron chi connectivity index (χ3n) is 4.48. The number of nitrogens with one attached hydrogen (secondary N) is 1. The highest BCUT2D eigenvalue weighted by Crippen LogP contribution is 2.23. The number of amides is 1. The van der Waals surface area contributed by atoms with Gasteiger partial charge in [-0.15, -0.1) is 0 Å². The predicted molar refractivity (Wildman–Crippen MR) is 73.5 cm³/mol. The van der Waals surface area contributed by atoms with Crippen molar-refractivity contribution in [1.82, 2.24) is 15.1 Å². The molecule has 0 radical (unpaired) electrons. The molecule has 104 valence electrons. The van der Waals surface area contributed by atoms with Crippen LogP contribution in [-0.2, 0) is 4.79 Å². The zero-order valence-corrected chi connectivity index (χ0v) is 11.8. The Morgan fingerprint density at radius 1 is 1.17 bits per heavy atom. The van der Waals surface area contributed by atoms with E-state index in [9.17, 15) is 4.79 Å². The highest BCUT2D eigenvalue weighted by atomic mass is 16.2. The Kier molecular flexibility index (Phi) is 5.01. The Morgan fingerprint density at radius 3 is 2.50 bits per heavy atom. The molecule has 0 aromatic rings. The third kappa shape index (κ3) is 3.69. The van der Waals surface area contributed by atoms with Gasteiger partial charge in [0.1, 0.15) is 0 Å². The fourth-order valence-corrected chi connectivity index (χ4v) is 3.01. The Balaban J connectivity index is 1.70. The average Bonchev–Trinajstić information content (AvgIpc) is 2.38. The maximum Gasteiger partial charge on any atom is 0.236 e. The number of piperazine rings is 1. The van der Waals surface area contributed by atoms with Crippen molar-refractivity contribution in [3.63, 3.8) is 0 Å². The summed E-state index contributed by atoms with van der Waals surface area (Å²) >= 11 is 0.